The number of carbonyl (C=O) groups is 2. The highest BCUT2D eigenvalue weighted by atomic mass is 16.6. The van der Waals surface area contributed by atoms with Gasteiger partial charge in [-0.25, -0.2) is 0 Å². The highest BCUT2D eigenvalue weighted by molar-refractivity contribution is 5.95. The van der Waals surface area contributed by atoms with Crippen LogP contribution in [0, 0.1) is 10.1 Å². The molecule has 2 aliphatic heterocycles. The summed E-state index contributed by atoms with van der Waals surface area (Å²) in [6.07, 6.45) is 3.85. The van der Waals surface area contributed by atoms with Crippen LogP contribution >= 0.6 is 0 Å². The van der Waals surface area contributed by atoms with E-state index in [0.717, 1.165) is 12.8 Å². The van der Waals surface area contributed by atoms with Gasteiger partial charge in [-0.2, -0.15) is 0 Å². The predicted molar refractivity (Wildman–Crippen MR) is 109 cm³/mol. The maximum absolute atomic E-state index is 13.2. The Kier molecular flexibility index (Phi) is 5.69. The van der Waals surface area contributed by atoms with Gasteiger partial charge in [0.2, 0.25) is 5.91 Å². The predicted octanol–water partition coefficient (Wildman–Crippen LogP) is 2.53. The van der Waals surface area contributed by atoms with Crippen LogP contribution in [0.2, 0.25) is 0 Å². The molecule has 9 nitrogen and oxygen atoms in total. The first-order valence-corrected chi connectivity index (χ1v) is 10.2. The summed E-state index contributed by atoms with van der Waals surface area (Å²) in [4.78, 5) is 42.3. The monoisotopic (exact) mass is 412 g/mol. The molecule has 158 valence electrons. The third-order valence-corrected chi connectivity index (χ3v) is 5.79. The molecule has 9 heteroatoms. The van der Waals surface area contributed by atoms with Gasteiger partial charge in [0.25, 0.3) is 11.6 Å². The number of para-hydroxylation sites is 2. The Morgan fingerprint density at radius 3 is 2.47 bits per heavy atom. The van der Waals surface area contributed by atoms with Crippen LogP contribution in [0.5, 0.6) is 0 Å². The van der Waals surface area contributed by atoms with Gasteiger partial charge in [-0.05, 0) is 37.5 Å². The minimum absolute atomic E-state index is 0.0585. The number of hydrogen-bond donors (Lipinski definition) is 0. The largest absolute Gasteiger partial charge is 0.459 e. The quantitative estimate of drug-likeness (QED) is 0.565. The summed E-state index contributed by atoms with van der Waals surface area (Å²) >= 11 is 0. The van der Waals surface area contributed by atoms with Gasteiger partial charge in [0.15, 0.2) is 5.76 Å². The van der Waals surface area contributed by atoms with Crippen LogP contribution in [-0.2, 0) is 4.79 Å². The fraction of sp³-hybridized carbons (Fsp3) is 0.429. The Hall–Kier alpha value is -3.36. The van der Waals surface area contributed by atoms with E-state index in [1.54, 1.807) is 40.1 Å². The van der Waals surface area contributed by atoms with Gasteiger partial charge in [-0.15, -0.1) is 0 Å². The van der Waals surface area contributed by atoms with Gasteiger partial charge >= 0.3 is 0 Å². The molecular weight excluding hydrogens is 388 g/mol. The van der Waals surface area contributed by atoms with Crippen LogP contribution in [-0.4, -0.2) is 65.3 Å². The Labute approximate surface area is 174 Å². The molecule has 0 N–H and O–H groups in total. The molecule has 1 unspecified atom stereocenters. The molecule has 2 aromatic rings. The third-order valence-electron chi connectivity index (χ3n) is 5.79. The van der Waals surface area contributed by atoms with E-state index in [0.29, 0.717) is 44.8 Å². The number of amides is 2. The Morgan fingerprint density at radius 1 is 1.00 bits per heavy atom. The second-order valence-electron chi connectivity index (χ2n) is 7.55. The van der Waals surface area contributed by atoms with Crippen LogP contribution in [0.1, 0.15) is 29.8 Å². The van der Waals surface area contributed by atoms with E-state index >= 15 is 0 Å². The van der Waals surface area contributed by atoms with Gasteiger partial charge in [0, 0.05) is 38.8 Å². The number of anilines is 1. The molecule has 1 aromatic heterocycles. The van der Waals surface area contributed by atoms with E-state index in [9.17, 15) is 19.7 Å². The van der Waals surface area contributed by atoms with Crippen molar-refractivity contribution in [3.63, 3.8) is 0 Å². The molecule has 2 aliphatic rings. The van der Waals surface area contributed by atoms with E-state index in [-0.39, 0.29) is 28.2 Å². The second kappa shape index (κ2) is 8.56. The Balaban J connectivity index is 1.43. The molecule has 2 amide bonds. The van der Waals surface area contributed by atoms with E-state index in [2.05, 4.69) is 0 Å². The number of piperazine rings is 1. The van der Waals surface area contributed by atoms with Crippen molar-refractivity contribution in [2.75, 3.05) is 37.6 Å². The minimum Gasteiger partial charge on any atom is -0.459 e. The average molecular weight is 412 g/mol. The number of piperidine rings is 1. The number of nitrogens with zero attached hydrogens (tertiary/aromatic N) is 4. The molecule has 2 saturated heterocycles. The van der Waals surface area contributed by atoms with E-state index in [1.807, 2.05) is 4.90 Å². The smallest absolute Gasteiger partial charge is 0.292 e. The van der Waals surface area contributed by atoms with Crippen molar-refractivity contribution in [3.05, 3.63) is 58.5 Å². The Morgan fingerprint density at radius 2 is 1.77 bits per heavy atom. The first kappa shape index (κ1) is 19.9. The lowest BCUT2D eigenvalue weighted by molar-refractivity contribution is -0.384. The number of nitro benzene ring substituents is 1. The van der Waals surface area contributed by atoms with Gasteiger partial charge in [-0.3, -0.25) is 19.7 Å². The molecule has 0 spiro atoms. The standard InChI is InChI=1S/C21H24N4O5/c26-20(18-8-3-4-10-24(18)21(27)19-9-5-15-30-19)23-13-11-22(12-14-23)16-6-1-2-7-17(16)25(28)29/h1-2,5-7,9,15,18H,3-4,8,10-14H2. The highest BCUT2D eigenvalue weighted by Gasteiger charge is 2.37. The SMILES string of the molecule is O=C(C1CCCCN1C(=O)c1ccco1)N1CCN(c2ccccc2[N+](=O)[O-])CC1. The Bertz CT molecular complexity index is 921. The molecule has 0 bridgehead atoms. The van der Waals surface area contributed by atoms with Crippen molar-refractivity contribution in [3.8, 4) is 0 Å². The maximum Gasteiger partial charge on any atom is 0.292 e. The maximum atomic E-state index is 13.2. The summed E-state index contributed by atoms with van der Waals surface area (Å²) < 4.78 is 5.24. The van der Waals surface area contributed by atoms with Crippen LogP contribution in [0.4, 0.5) is 11.4 Å². The lowest BCUT2D eigenvalue weighted by Gasteiger charge is -2.41. The molecule has 1 atom stereocenters. The molecule has 0 aliphatic carbocycles. The van der Waals surface area contributed by atoms with Crippen molar-refractivity contribution < 1.29 is 18.9 Å². The van der Waals surface area contributed by atoms with Gasteiger partial charge in [-0.1, -0.05) is 12.1 Å². The number of rotatable bonds is 4. The zero-order chi connectivity index (χ0) is 21.1. The summed E-state index contributed by atoms with van der Waals surface area (Å²) in [5.41, 5.74) is 0.640. The van der Waals surface area contributed by atoms with E-state index in [1.165, 1.54) is 12.3 Å². The van der Waals surface area contributed by atoms with Gasteiger partial charge in [0.05, 0.1) is 11.2 Å². The molecule has 2 fully saturated rings. The molecule has 0 saturated carbocycles. The van der Waals surface area contributed by atoms with Crippen LogP contribution in [0.3, 0.4) is 0 Å². The number of nitro groups is 1. The summed E-state index contributed by atoms with van der Waals surface area (Å²) in [6, 6.07) is 9.44. The van der Waals surface area contributed by atoms with Gasteiger partial charge < -0.3 is 19.1 Å². The first-order chi connectivity index (χ1) is 14.6. The number of furan rings is 1. The van der Waals surface area contributed by atoms with E-state index < -0.39 is 6.04 Å². The van der Waals surface area contributed by atoms with Crippen molar-refractivity contribution in [2.45, 2.75) is 25.3 Å². The number of likely N-dealkylation sites (tertiary alicyclic amines) is 1. The van der Waals surface area contributed by atoms with Crippen LogP contribution < -0.4 is 4.90 Å². The zero-order valence-corrected chi connectivity index (χ0v) is 16.6. The van der Waals surface area contributed by atoms with E-state index in [4.69, 9.17) is 4.42 Å². The lowest BCUT2D eigenvalue weighted by Crippen LogP contribution is -2.57. The normalized spacial score (nSPS) is 19.6. The fourth-order valence-electron chi connectivity index (χ4n) is 4.24. The first-order valence-electron chi connectivity index (χ1n) is 10.2. The number of carbonyl (C=O) groups excluding carboxylic acids is 2. The average Bonchev–Trinajstić information content (AvgIpc) is 3.33. The third kappa shape index (κ3) is 3.87. The van der Waals surface area contributed by atoms with Gasteiger partial charge in [0.1, 0.15) is 11.7 Å². The summed E-state index contributed by atoms with van der Waals surface area (Å²) in [6.45, 7) is 2.48. The molecule has 4 rings (SSSR count). The summed E-state index contributed by atoms with van der Waals surface area (Å²) in [5, 5.41) is 11.3. The highest BCUT2D eigenvalue weighted by Crippen LogP contribution is 2.29. The minimum atomic E-state index is -0.492. The molecule has 0 radical (unpaired) electrons. The summed E-state index contributed by atoms with van der Waals surface area (Å²) in [7, 11) is 0. The number of benzene rings is 1. The fourth-order valence-corrected chi connectivity index (χ4v) is 4.24. The molecule has 30 heavy (non-hydrogen) atoms. The number of hydrogen-bond acceptors (Lipinski definition) is 6. The summed E-state index contributed by atoms with van der Waals surface area (Å²) in [5.74, 6) is -0.0654. The second-order valence-corrected chi connectivity index (χ2v) is 7.55. The van der Waals surface area contributed by atoms with Crippen molar-refractivity contribution in [1.29, 1.82) is 0 Å². The molecule has 3 heterocycles. The van der Waals surface area contributed by atoms with Crippen molar-refractivity contribution in [1.82, 2.24) is 9.80 Å². The molecular formula is C21H24N4O5. The molecule has 1 aromatic carbocycles. The van der Waals surface area contributed by atoms with Crippen LogP contribution in [0.15, 0.2) is 47.1 Å². The van der Waals surface area contributed by atoms with Crippen LogP contribution in [0.25, 0.3) is 0 Å². The lowest BCUT2D eigenvalue weighted by atomic mass is 10.00. The van der Waals surface area contributed by atoms with Crippen molar-refractivity contribution >= 4 is 23.2 Å². The zero-order valence-electron chi connectivity index (χ0n) is 16.6. The van der Waals surface area contributed by atoms with Crippen molar-refractivity contribution in [2.24, 2.45) is 0 Å². The topological polar surface area (TPSA) is 100 Å².